The molecule has 0 aliphatic carbocycles. The maximum absolute atomic E-state index is 12.3. The minimum absolute atomic E-state index is 0.00516. The number of likely N-dealkylation sites (tertiary alicyclic amines) is 1. The molecule has 2 atom stereocenters. The van der Waals surface area contributed by atoms with E-state index in [1.807, 2.05) is 25.1 Å². The van der Waals surface area contributed by atoms with E-state index >= 15 is 0 Å². The van der Waals surface area contributed by atoms with Crippen molar-refractivity contribution in [1.82, 2.24) is 4.90 Å². The van der Waals surface area contributed by atoms with E-state index < -0.39 is 0 Å². The first-order valence-corrected chi connectivity index (χ1v) is 8.80. The molecule has 2 rings (SSSR count). The highest BCUT2D eigenvalue weighted by atomic mass is 79.9. The van der Waals surface area contributed by atoms with Gasteiger partial charge in [-0.05, 0) is 60.4 Å². The van der Waals surface area contributed by atoms with Gasteiger partial charge in [-0.15, -0.1) is 0 Å². The van der Waals surface area contributed by atoms with Crippen LogP contribution in [0.2, 0.25) is 0 Å². The minimum atomic E-state index is 0.00516. The molecule has 1 heterocycles. The molecule has 2 unspecified atom stereocenters. The van der Waals surface area contributed by atoms with Crippen molar-refractivity contribution in [3.05, 3.63) is 27.1 Å². The first kappa shape index (κ1) is 16.9. The average molecular weight is 419 g/mol. The van der Waals surface area contributed by atoms with Gasteiger partial charge in [0, 0.05) is 21.0 Å². The first-order chi connectivity index (χ1) is 9.97. The van der Waals surface area contributed by atoms with Gasteiger partial charge in [-0.2, -0.15) is 0 Å². The molecular formula is C15H21Br2N3O. The summed E-state index contributed by atoms with van der Waals surface area (Å²) in [5.41, 5.74) is 6.83. The minimum Gasteiger partial charge on any atom is -0.327 e. The predicted octanol–water partition coefficient (Wildman–Crippen LogP) is 3.35. The van der Waals surface area contributed by atoms with Crippen molar-refractivity contribution in [2.24, 2.45) is 5.73 Å². The Morgan fingerprint density at radius 2 is 2.24 bits per heavy atom. The Morgan fingerprint density at radius 1 is 1.48 bits per heavy atom. The predicted molar refractivity (Wildman–Crippen MR) is 93.3 cm³/mol. The van der Waals surface area contributed by atoms with Gasteiger partial charge < -0.3 is 11.1 Å². The zero-order chi connectivity index (χ0) is 15.4. The SMILES string of the molecule is CC(N)C1CCCCN1CC(=O)Nc1ccc(Br)cc1Br. The summed E-state index contributed by atoms with van der Waals surface area (Å²) in [4.78, 5) is 14.5. The van der Waals surface area contributed by atoms with Gasteiger partial charge in [-0.3, -0.25) is 9.69 Å². The summed E-state index contributed by atoms with van der Waals surface area (Å²) in [6.45, 7) is 3.36. The van der Waals surface area contributed by atoms with Crippen LogP contribution >= 0.6 is 31.9 Å². The molecule has 1 aromatic rings. The number of rotatable bonds is 4. The summed E-state index contributed by atoms with van der Waals surface area (Å²) in [5, 5.41) is 2.96. The molecule has 0 spiro atoms. The number of nitrogens with one attached hydrogen (secondary N) is 1. The van der Waals surface area contributed by atoms with Gasteiger partial charge in [0.15, 0.2) is 0 Å². The van der Waals surface area contributed by atoms with Crippen LogP contribution in [-0.2, 0) is 4.79 Å². The molecule has 0 radical (unpaired) electrons. The van der Waals surface area contributed by atoms with Crippen LogP contribution in [0.3, 0.4) is 0 Å². The van der Waals surface area contributed by atoms with Gasteiger partial charge >= 0.3 is 0 Å². The smallest absolute Gasteiger partial charge is 0.238 e. The molecule has 6 heteroatoms. The molecule has 0 aromatic heterocycles. The average Bonchev–Trinajstić information content (AvgIpc) is 2.42. The van der Waals surface area contributed by atoms with Crippen LogP contribution in [0.25, 0.3) is 0 Å². The first-order valence-electron chi connectivity index (χ1n) is 7.22. The fourth-order valence-electron chi connectivity index (χ4n) is 2.77. The molecule has 116 valence electrons. The molecular weight excluding hydrogens is 398 g/mol. The van der Waals surface area contributed by atoms with Crippen LogP contribution in [0.1, 0.15) is 26.2 Å². The number of hydrogen-bond donors (Lipinski definition) is 2. The maximum atomic E-state index is 12.3. The summed E-state index contributed by atoms with van der Waals surface area (Å²) in [7, 11) is 0. The van der Waals surface area contributed by atoms with E-state index in [2.05, 4.69) is 42.1 Å². The van der Waals surface area contributed by atoms with Crippen LogP contribution < -0.4 is 11.1 Å². The van der Waals surface area contributed by atoms with Crippen molar-refractivity contribution in [1.29, 1.82) is 0 Å². The van der Waals surface area contributed by atoms with Crippen LogP contribution in [0, 0.1) is 0 Å². The van der Waals surface area contributed by atoms with E-state index in [0.29, 0.717) is 12.6 Å². The highest BCUT2D eigenvalue weighted by Crippen LogP contribution is 2.26. The summed E-state index contributed by atoms with van der Waals surface area (Å²) in [6, 6.07) is 6.11. The number of carbonyl (C=O) groups excluding carboxylic acids is 1. The third-order valence-electron chi connectivity index (χ3n) is 3.82. The number of benzene rings is 1. The van der Waals surface area contributed by atoms with Crippen molar-refractivity contribution in [3.63, 3.8) is 0 Å². The molecule has 1 aromatic carbocycles. The number of nitrogens with zero attached hydrogens (tertiary/aromatic N) is 1. The molecule has 1 aliphatic heterocycles. The van der Waals surface area contributed by atoms with Crippen molar-refractivity contribution >= 4 is 43.5 Å². The van der Waals surface area contributed by atoms with Gasteiger partial charge in [0.1, 0.15) is 0 Å². The van der Waals surface area contributed by atoms with E-state index in [9.17, 15) is 4.79 Å². The summed E-state index contributed by atoms with van der Waals surface area (Å²) >= 11 is 6.86. The third-order valence-corrected chi connectivity index (χ3v) is 4.97. The van der Waals surface area contributed by atoms with Crippen molar-refractivity contribution in [3.8, 4) is 0 Å². The summed E-state index contributed by atoms with van der Waals surface area (Å²) in [5.74, 6) is 0.00516. The molecule has 3 N–H and O–H groups in total. The zero-order valence-electron chi connectivity index (χ0n) is 12.1. The number of hydrogen-bond acceptors (Lipinski definition) is 3. The number of anilines is 1. The molecule has 1 amide bonds. The number of nitrogens with two attached hydrogens (primary N) is 1. The second-order valence-corrected chi connectivity index (χ2v) is 7.34. The van der Waals surface area contributed by atoms with E-state index in [1.54, 1.807) is 0 Å². The molecule has 1 aliphatic rings. The third kappa shape index (κ3) is 4.77. The molecule has 21 heavy (non-hydrogen) atoms. The Bertz CT molecular complexity index is 508. The van der Waals surface area contributed by atoms with Crippen molar-refractivity contribution < 1.29 is 4.79 Å². The Labute approximate surface area is 142 Å². The van der Waals surface area contributed by atoms with Crippen molar-refractivity contribution in [2.75, 3.05) is 18.4 Å². The van der Waals surface area contributed by atoms with Gasteiger partial charge in [-0.1, -0.05) is 22.4 Å². The second kappa shape index (κ2) is 7.72. The van der Waals surface area contributed by atoms with E-state index in [4.69, 9.17) is 5.73 Å². The molecule has 4 nitrogen and oxygen atoms in total. The second-order valence-electron chi connectivity index (χ2n) is 5.57. The lowest BCUT2D eigenvalue weighted by Gasteiger charge is -2.37. The van der Waals surface area contributed by atoms with Gasteiger partial charge in [0.05, 0.1) is 12.2 Å². The van der Waals surface area contributed by atoms with Crippen LogP contribution in [0.5, 0.6) is 0 Å². The quantitative estimate of drug-likeness (QED) is 0.788. The van der Waals surface area contributed by atoms with Gasteiger partial charge in [0.2, 0.25) is 5.91 Å². The standard InChI is InChI=1S/C15H21Br2N3O/c1-10(18)14-4-2-3-7-20(14)9-15(21)19-13-6-5-11(16)8-12(13)17/h5-6,8,10,14H,2-4,7,9,18H2,1H3,(H,19,21). The summed E-state index contributed by atoms with van der Waals surface area (Å²) in [6.07, 6.45) is 3.41. The lowest BCUT2D eigenvalue weighted by molar-refractivity contribution is -0.118. The van der Waals surface area contributed by atoms with Crippen LogP contribution in [-0.4, -0.2) is 36.0 Å². The molecule has 0 saturated carbocycles. The van der Waals surface area contributed by atoms with Crippen LogP contribution in [0.15, 0.2) is 27.1 Å². The molecule has 0 bridgehead atoms. The molecule has 1 saturated heterocycles. The topological polar surface area (TPSA) is 58.4 Å². The molecule has 1 fully saturated rings. The highest BCUT2D eigenvalue weighted by molar-refractivity contribution is 9.11. The van der Waals surface area contributed by atoms with E-state index in [1.165, 1.54) is 6.42 Å². The number of amides is 1. The zero-order valence-corrected chi connectivity index (χ0v) is 15.3. The Hall–Kier alpha value is -0.430. The number of piperidine rings is 1. The van der Waals surface area contributed by atoms with Gasteiger partial charge in [-0.25, -0.2) is 0 Å². The van der Waals surface area contributed by atoms with Crippen LogP contribution in [0.4, 0.5) is 5.69 Å². The lowest BCUT2D eigenvalue weighted by Crippen LogP contribution is -2.51. The number of carbonyl (C=O) groups is 1. The summed E-state index contributed by atoms with van der Waals surface area (Å²) < 4.78 is 1.84. The highest BCUT2D eigenvalue weighted by Gasteiger charge is 2.26. The maximum Gasteiger partial charge on any atom is 0.238 e. The Balaban J connectivity index is 1.97. The van der Waals surface area contributed by atoms with Gasteiger partial charge in [0.25, 0.3) is 0 Å². The lowest BCUT2D eigenvalue weighted by atomic mass is 9.97. The normalized spacial score (nSPS) is 21.0. The fraction of sp³-hybridized carbons (Fsp3) is 0.533. The Morgan fingerprint density at radius 3 is 2.90 bits per heavy atom. The number of halogens is 2. The fourth-order valence-corrected chi connectivity index (χ4v) is 3.92. The van der Waals surface area contributed by atoms with Crippen molar-refractivity contribution in [2.45, 2.75) is 38.3 Å². The van der Waals surface area contributed by atoms with E-state index in [-0.39, 0.29) is 11.9 Å². The van der Waals surface area contributed by atoms with E-state index in [0.717, 1.165) is 34.0 Å². The largest absolute Gasteiger partial charge is 0.327 e. The monoisotopic (exact) mass is 417 g/mol. The Kier molecular flexibility index (Phi) is 6.22.